The second-order valence-electron chi connectivity index (χ2n) is 2.22. The molecule has 1 rings (SSSR count). The summed E-state index contributed by atoms with van der Waals surface area (Å²) in [6.45, 7) is 0. The largest absolute Gasteiger partial charge is 0.280 e. The first-order valence-corrected chi connectivity index (χ1v) is 4.95. The molecule has 1 aromatic rings. The van der Waals surface area contributed by atoms with Crippen LogP contribution in [-0.2, 0) is 5.88 Å². The molecule has 0 fully saturated rings. The molecule has 0 N–H and O–H groups in total. The lowest BCUT2D eigenvalue weighted by molar-refractivity contribution is 0.146. The Labute approximate surface area is 92.2 Å². The first-order chi connectivity index (χ1) is 6.06. The van der Waals surface area contributed by atoms with Gasteiger partial charge in [-0.1, -0.05) is 11.6 Å². The fourth-order valence-corrected chi connectivity index (χ4v) is 1.66. The molecule has 0 bridgehead atoms. The highest BCUT2D eigenvalue weighted by Gasteiger charge is 2.14. The van der Waals surface area contributed by atoms with Crippen molar-refractivity contribution in [3.63, 3.8) is 0 Å². The molecule has 0 saturated carbocycles. The summed E-state index contributed by atoms with van der Waals surface area (Å²) in [5.41, 5.74) is -0.0695. The molecular weight excluding hydrogens is 287 g/mol. The number of alkyl halides is 3. The van der Waals surface area contributed by atoms with Crippen molar-refractivity contribution in [2.24, 2.45) is 0 Å². The molecule has 0 radical (unpaired) electrons. The van der Waals surface area contributed by atoms with E-state index in [0.29, 0.717) is 4.47 Å². The maximum atomic E-state index is 12.2. The van der Waals surface area contributed by atoms with Crippen molar-refractivity contribution in [3.8, 4) is 0 Å². The van der Waals surface area contributed by atoms with E-state index >= 15 is 0 Å². The van der Waals surface area contributed by atoms with Crippen LogP contribution >= 0.6 is 39.1 Å². The van der Waals surface area contributed by atoms with Crippen LogP contribution in [0.3, 0.4) is 0 Å². The first kappa shape index (κ1) is 11.1. The normalized spacial score (nSPS) is 10.9. The van der Waals surface area contributed by atoms with Gasteiger partial charge >= 0.3 is 0 Å². The third-order valence-corrected chi connectivity index (χ3v) is 2.88. The van der Waals surface area contributed by atoms with Crippen LogP contribution in [0.2, 0.25) is 5.02 Å². The lowest BCUT2D eigenvalue weighted by Gasteiger charge is -2.05. The summed E-state index contributed by atoms with van der Waals surface area (Å²) < 4.78 is 24.8. The molecule has 0 aliphatic heterocycles. The van der Waals surface area contributed by atoms with E-state index in [2.05, 4.69) is 20.9 Å². The minimum absolute atomic E-state index is 0.0119. The zero-order valence-corrected chi connectivity index (χ0v) is 9.30. The summed E-state index contributed by atoms with van der Waals surface area (Å²) in [7, 11) is 0. The van der Waals surface area contributed by atoms with Crippen LogP contribution in [-0.4, -0.2) is 4.98 Å². The summed E-state index contributed by atoms with van der Waals surface area (Å²) in [5.74, 6) is 0.0119. The fraction of sp³-hybridized carbons (Fsp3) is 0.286. The Hall–Kier alpha value is 0.0700. The molecule has 0 unspecified atom stereocenters. The van der Waals surface area contributed by atoms with Crippen molar-refractivity contribution in [1.29, 1.82) is 0 Å². The van der Waals surface area contributed by atoms with E-state index in [1.807, 2.05) is 0 Å². The highest BCUT2D eigenvalue weighted by Crippen LogP contribution is 2.30. The van der Waals surface area contributed by atoms with Gasteiger partial charge in [-0.15, -0.1) is 11.6 Å². The van der Waals surface area contributed by atoms with Crippen molar-refractivity contribution in [3.05, 3.63) is 26.9 Å². The molecule has 0 aromatic carbocycles. The number of rotatable bonds is 2. The molecule has 1 heterocycles. The number of halogens is 5. The third kappa shape index (κ3) is 2.51. The monoisotopic (exact) mass is 289 g/mol. The summed E-state index contributed by atoms with van der Waals surface area (Å²) in [6, 6.07) is 1.18. The molecule has 0 saturated heterocycles. The van der Waals surface area contributed by atoms with Crippen LogP contribution in [0.1, 0.15) is 17.8 Å². The summed E-state index contributed by atoms with van der Waals surface area (Å²) >= 11 is 14.2. The van der Waals surface area contributed by atoms with E-state index in [9.17, 15) is 8.78 Å². The molecule has 72 valence electrons. The van der Waals surface area contributed by atoms with Gasteiger partial charge in [0.2, 0.25) is 0 Å². The second-order valence-corrected chi connectivity index (χ2v) is 3.72. The van der Waals surface area contributed by atoms with Crippen LogP contribution in [0.4, 0.5) is 8.78 Å². The molecule has 1 aromatic heterocycles. The highest BCUT2D eigenvalue weighted by atomic mass is 79.9. The topological polar surface area (TPSA) is 12.9 Å². The minimum atomic E-state index is -2.62. The second kappa shape index (κ2) is 4.53. The van der Waals surface area contributed by atoms with Gasteiger partial charge < -0.3 is 0 Å². The van der Waals surface area contributed by atoms with Crippen LogP contribution < -0.4 is 0 Å². The third-order valence-electron chi connectivity index (χ3n) is 1.35. The quantitative estimate of drug-likeness (QED) is 0.745. The van der Waals surface area contributed by atoms with Gasteiger partial charge in [-0.05, 0) is 22.0 Å². The van der Waals surface area contributed by atoms with Gasteiger partial charge in [0.05, 0.1) is 16.6 Å². The van der Waals surface area contributed by atoms with Gasteiger partial charge in [-0.2, -0.15) is 0 Å². The zero-order valence-electron chi connectivity index (χ0n) is 6.20. The van der Waals surface area contributed by atoms with E-state index in [1.54, 1.807) is 0 Å². The van der Waals surface area contributed by atoms with Crippen molar-refractivity contribution in [1.82, 2.24) is 4.98 Å². The van der Waals surface area contributed by atoms with E-state index in [4.69, 9.17) is 23.2 Å². The minimum Gasteiger partial charge on any atom is -0.249 e. The Balaban J connectivity index is 3.22. The first-order valence-electron chi connectivity index (χ1n) is 3.25. The Morgan fingerprint density at radius 1 is 1.54 bits per heavy atom. The number of nitrogens with zero attached hydrogens (tertiary/aromatic N) is 1. The van der Waals surface area contributed by atoms with Gasteiger partial charge in [0.15, 0.2) is 0 Å². The maximum absolute atomic E-state index is 12.2. The number of hydrogen-bond acceptors (Lipinski definition) is 1. The van der Waals surface area contributed by atoms with E-state index in [1.165, 1.54) is 6.07 Å². The maximum Gasteiger partial charge on any atom is 0.280 e. The average molecular weight is 291 g/mol. The number of hydrogen-bond donors (Lipinski definition) is 0. The van der Waals surface area contributed by atoms with E-state index < -0.39 is 6.43 Å². The predicted molar refractivity (Wildman–Crippen MR) is 51.5 cm³/mol. The van der Waals surface area contributed by atoms with Crippen LogP contribution in [0.25, 0.3) is 0 Å². The SMILES string of the molecule is FC(F)c1cc(Br)c(Cl)c(CCl)n1. The van der Waals surface area contributed by atoms with Gasteiger partial charge in [0.1, 0.15) is 5.69 Å². The molecule has 0 atom stereocenters. The van der Waals surface area contributed by atoms with Gasteiger partial charge in [0.25, 0.3) is 6.43 Å². The van der Waals surface area contributed by atoms with Crippen molar-refractivity contribution in [2.75, 3.05) is 0 Å². The molecule has 0 amide bonds. The smallest absolute Gasteiger partial charge is 0.249 e. The lowest BCUT2D eigenvalue weighted by atomic mass is 10.3. The lowest BCUT2D eigenvalue weighted by Crippen LogP contribution is -1.96. The molecule has 0 aliphatic carbocycles. The molecule has 0 aliphatic rings. The Morgan fingerprint density at radius 2 is 2.15 bits per heavy atom. The molecular formula is C7H4BrCl2F2N. The zero-order chi connectivity index (χ0) is 10.0. The summed E-state index contributed by atoms with van der Waals surface area (Å²) in [5, 5.41) is 0.277. The Morgan fingerprint density at radius 3 is 2.62 bits per heavy atom. The van der Waals surface area contributed by atoms with Gasteiger partial charge in [0, 0.05) is 4.47 Å². The standard InChI is InChI=1S/C7H4BrCl2F2N/c8-3-1-4(7(11)12)13-5(2-9)6(3)10/h1,7H,2H2. The summed E-state index contributed by atoms with van der Waals surface area (Å²) in [4.78, 5) is 3.61. The highest BCUT2D eigenvalue weighted by molar-refractivity contribution is 9.10. The number of pyridine rings is 1. The predicted octanol–water partition coefficient (Wildman–Crippen LogP) is 4.17. The summed E-state index contributed by atoms with van der Waals surface area (Å²) in [6.07, 6.45) is -2.62. The molecule has 0 spiro atoms. The van der Waals surface area contributed by atoms with E-state index in [0.717, 1.165) is 0 Å². The average Bonchev–Trinajstić information content (AvgIpc) is 2.09. The van der Waals surface area contributed by atoms with Crippen LogP contribution in [0, 0.1) is 0 Å². The van der Waals surface area contributed by atoms with Crippen molar-refractivity contribution in [2.45, 2.75) is 12.3 Å². The molecule has 1 nitrogen and oxygen atoms in total. The van der Waals surface area contributed by atoms with Crippen LogP contribution in [0.5, 0.6) is 0 Å². The van der Waals surface area contributed by atoms with Crippen molar-refractivity contribution < 1.29 is 8.78 Å². The van der Waals surface area contributed by atoms with Gasteiger partial charge in [-0.25, -0.2) is 13.8 Å². The van der Waals surface area contributed by atoms with Crippen LogP contribution in [0.15, 0.2) is 10.5 Å². The van der Waals surface area contributed by atoms with E-state index in [-0.39, 0.29) is 22.3 Å². The van der Waals surface area contributed by atoms with Gasteiger partial charge in [-0.3, -0.25) is 0 Å². The Bertz CT molecular complexity index is 320. The fourth-order valence-electron chi connectivity index (χ4n) is 0.769. The molecule has 6 heteroatoms. The van der Waals surface area contributed by atoms with Crippen molar-refractivity contribution >= 4 is 39.1 Å². The Kier molecular flexibility index (Phi) is 3.88. The molecule has 13 heavy (non-hydrogen) atoms. The number of aromatic nitrogens is 1.